The van der Waals surface area contributed by atoms with Crippen LogP contribution in [-0.4, -0.2) is 29.1 Å². The Morgan fingerprint density at radius 2 is 1.93 bits per heavy atom. The Kier molecular flexibility index (Phi) is 6.93. The molecule has 1 aliphatic heterocycles. The molecule has 0 bridgehead atoms. The second kappa shape index (κ2) is 9.80. The fourth-order valence-corrected chi connectivity index (χ4v) is 3.36. The number of hydrogen-bond donors (Lipinski definition) is 1. The lowest BCUT2D eigenvalue weighted by Crippen LogP contribution is -2.61. The number of nitrogens with zero attached hydrogens (tertiary/aromatic N) is 1. The molecule has 1 fully saturated rings. The van der Waals surface area contributed by atoms with Crippen LogP contribution in [0.3, 0.4) is 0 Å². The summed E-state index contributed by atoms with van der Waals surface area (Å²) in [5.41, 5.74) is 0.525. The molecule has 9 heteroatoms. The maximum Gasteiger partial charge on any atom is 0.508 e. The van der Waals surface area contributed by atoms with E-state index in [9.17, 15) is 19.7 Å². The third-order valence-electron chi connectivity index (χ3n) is 4.38. The van der Waals surface area contributed by atoms with E-state index in [1.807, 2.05) is 30.3 Å². The van der Waals surface area contributed by atoms with Gasteiger partial charge in [-0.2, -0.15) is 0 Å². The van der Waals surface area contributed by atoms with Crippen LogP contribution in [0.4, 0.5) is 10.5 Å². The van der Waals surface area contributed by atoms with Gasteiger partial charge in [-0.1, -0.05) is 24.1 Å². The van der Waals surface area contributed by atoms with Gasteiger partial charge in [0.05, 0.1) is 4.92 Å². The zero-order valence-corrected chi connectivity index (χ0v) is 16.8. The number of benzene rings is 2. The first-order valence-electron chi connectivity index (χ1n) is 9.03. The van der Waals surface area contributed by atoms with Crippen LogP contribution in [0, 0.1) is 27.2 Å². The van der Waals surface area contributed by atoms with Crippen molar-refractivity contribution in [2.24, 2.45) is 5.92 Å². The van der Waals surface area contributed by atoms with E-state index in [2.05, 4.69) is 16.5 Å². The second-order valence-corrected chi connectivity index (χ2v) is 7.34. The van der Waals surface area contributed by atoms with Crippen molar-refractivity contribution in [1.29, 1.82) is 0 Å². The summed E-state index contributed by atoms with van der Waals surface area (Å²) in [6.45, 7) is 1.51. The lowest BCUT2D eigenvalue weighted by atomic mass is 9.86. The summed E-state index contributed by atoms with van der Waals surface area (Å²) in [5, 5.41) is 16.3. The Balaban J connectivity index is 1.47. The van der Waals surface area contributed by atoms with Gasteiger partial charge in [0.25, 0.3) is 5.69 Å². The fourth-order valence-electron chi connectivity index (χ4n) is 2.76. The number of hydrogen-bond acceptors (Lipinski definition) is 7. The van der Waals surface area contributed by atoms with Crippen molar-refractivity contribution in [3.8, 4) is 11.2 Å². The molecule has 2 aromatic carbocycles. The molecule has 2 aromatic rings. The van der Waals surface area contributed by atoms with Gasteiger partial charge in [-0.3, -0.25) is 14.9 Å². The van der Waals surface area contributed by atoms with E-state index in [-0.39, 0.29) is 18.2 Å². The number of thioether (sulfide) groups is 1. The van der Waals surface area contributed by atoms with Crippen molar-refractivity contribution < 1.29 is 24.0 Å². The molecule has 0 saturated carbocycles. The number of nitro groups is 1. The van der Waals surface area contributed by atoms with Crippen molar-refractivity contribution in [2.45, 2.75) is 30.6 Å². The summed E-state index contributed by atoms with van der Waals surface area (Å²) in [5.74, 6) is 2.14. The first kappa shape index (κ1) is 21.2. The van der Waals surface area contributed by atoms with Gasteiger partial charge in [0, 0.05) is 17.0 Å². The third-order valence-corrected chi connectivity index (χ3v) is 5.11. The number of carbonyl (C=O) groups is 2. The molecule has 0 aromatic heterocycles. The zero-order chi connectivity index (χ0) is 21.5. The van der Waals surface area contributed by atoms with Crippen molar-refractivity contribution in [2.75, 3.05) is 0 Å². The predicted molar refractivity (Wildman–Crippen MR) is 109 cm³/mol. The van der Waals surface area contributed by atoms with Crippen LogP contribution in [0.2, 0.25) is 0 Å². The zero-order valence-electron chi connectivity index (χ0n) is 15.9. The Morgan fingerprint density at radius 1 is 1.23 bits per heavy atom. The van der Waals surface area contributed by atoms with Gasteiger partial charge in [-0.15, -0.1) is 0 Å². The summed E-state index contributed by atoms with van der Waals surface area (Å²) in [6.07, 6.45) is -1.64. The van der Waals surface area contributed by atoms with Crippen molar-refractivity contribution in [3.05, 3.63) is 70.3 Å². The number of carbonyl (C=O) groups excluding carboxylic acids is 2. The minimum Gasteiger partial charge on any atom is -0.430 e. The molecule has 0 unspecified atom stereocenters. The van der Waals surface area contributed by atoms with E-state index in [1.54, 1.807) is 6.92 Å². The summed E-state index contributed by atoms with van der Waals surface area (Å²) in [7, 11) is 0. The molecule has 1 N–H and O–H groups in total. The summed E-state index contributed by atoms with van der Waals surface area (Å²) in [6, 6.07) is 14.8. The number of β-lactam (4-membered cyclic amide) rings is 1. The van der Waals surface area contributed by atoms with Crippen LogP contribution >= 0.6 is 11.8 Å². The predicted octanol–water partition coefficient (Wildman–Crippen LogP) is 3.50. The second-order valence-electron chi connectivity index (χ2n) is 6.46. The monoisotopic (exact) mass is 426 g/mol. The molecule has 0 aliphatic carbocycles. The van der Waals surface area contributed by atoms with E-state index in [0.29, 0.717) is 5.56 Å². The first-order valence-corrected chi connectivity index (χ1v) is 9.85. The summed E-state index contributed by atoms with van der Waals surface area (Å²) >= 11 is 1.35. The van der Waals surface area contributed by atoms with Gasteiger partial charge in [0.15, 0.2) is 0 Å². The van der Waals surface area contributed by atoms with Crippen LogP contribution in [0.25, 0.3) is 0 Å². The quantitative estimate of drug-likeness (QED) is 0.188. The maximum absolute atomic E-state index is 11.9. The normalized spacial score (nSPS) is 18.1. The van der Waals surface area contributed by atoms with Gasteiger partial charge < -0.3 is 14.8 Å². The van der Waals surface area contributed by atoms with Crippen LogP contribution in [0.1, 0.15) is 12.5 Å². The Bertz CT molecular complexity index is 984. The summed E-state index contributed by atoms with van der Waals surface area (Å²) in [4.78, 5) is 34.9. The van der Waals surface area contributed by atoms with E-state index in [4.69, 9.17) is 9.47 Å². The average Bonchev–Trinajstić information content (AvgIpc) is 2.72. The molecule has 0 spiro atoms. The number of amides is 1. The fraction of sp³-hybridized carbons (Fsp3) is 0.238. The van der Waals surface area contributed by atoms with Crippen molar-refractivity contribution in [3.63, 3.8) is 0 Å². The first-order chi connectivity index (χ1) is 14.4. The van der Waals surface area contributed by atoms with Crippen molar-refractivity contribution in [1.82, 2.24) is 5.32 Å². The molecular weight excluding hydrogens is 408 g/mol. The highest BCUT2D eigenvalue weighted by molar-refractivity contribution is 8.03. The lowest BCUT2D eigenvalue weighted by Gasteiger charge is -2.36. The average molecular weight is 426 g/mol. The van der Waals surface area contributed by atoms with Gasteiger partial charge in [0.2, 0.25) is 5.91 Å². The lowest BCUT2D eigenvalue weighted by molar-refractivity contribution is -0.384. The SMILES string of the molecule is C[C@@H](OC(=O)OCc1ccc([N+](=O)[O-])cc1)[C@H]1C(=O)N[C@@H]1C#CSc1ccccc1. The Morgan fingerprint density at radius 3 is 2.57 bits per heavy atom. The molecule has 3 rings (SSSR count). The molecule has 8 nitrogen and oxygen atoms in total. The van der Waals surface area contributed by atoms with E-state index >= 15 is 0 Å². The standard InChI is InChI=1S/C21H18N2O6S/c1-14(29-21(25)28-13-15-7-9-16(10-8-15)23(26)27)19-18(22-20(19)24)11-12-30-17-5-3-2-4-6-17/h2-10,14,18-19H,13H2,1H3,(H,22,24)/t14-,18-,19-/m1/s1. The molecule has 1 heterocycles. The maximum atomic E-state index is 11.9. The van der Waals surface area contributed by atoms with Crippen LogP contribution < -0.4 is 5.32 Å². The molecule has 0 radical (unpaired) electrons. The number of non-ortho nitro benzene ring substituents is 1. The largest absolute Gasteiger partial charge is 0.508 e. The highest BCUT2D eigenvalue weighted by atomic mass is 32.2. The van der Waals surface area contributed by atoms with Crippen LogP contribution in [0.5, 0.6) is 0 Å². The number of rotatable bonds is 6. The molecule has 3 atom stereocenters. The molecule has 30 heavy (non-hydrogen) atoms. The molecule has 1 aliphatic rings. The van der Waals surface area contributed by atoms with Crippen molar-refractivity contribution >= 4 is 29.5 Å². The Hall–Kier alpha value is -3.51. The topological polar surface area (TPSA) is 108 Å². The minimum atomic E-state index is -0.925. The molecule has 1 saturated heterocycles. The number of nitrogens with one attached hydrogen (secondary N) is 1. The highest BCUT2D eigenvalue weighted by Gasteiger charge is 2.44. The molecule has 1 amide bonds. The third kappa shape index (κ3) is 5.52. The highest BCUT2D eigenvalue weighted by Crippen LogP contribution is 2.23. The summed E-state index contributed by atoms with van der Waals surface area (Å²) < 4.78 is 10.2. The number of nitro benzene ring substituents is 1. The van der Waals surface area contributed by atoms with E-state index < -0.39 is 29.1 Å². The van der Waals surface area contributed by atoms with E-state index in [1.165, 1.54) is 36.0 Å². The van der Waals surface area contributed by atoms with Gasteiger partial charge in [-0.05, 0) is 53.8 Å². The van der Waals surface area contributed by atoms with Crippen LogP contribution in [0.15, 0.2) is 59.5 Å². The van der Waals surface area contributed by atoms with E-state index in [0.717, 1.165) is 4.90 Å². The van der Waals surface area contributed by atoms with Gasteiger partial charge >= 0.3 is 6.16 Å². The number of ether oxygens (including phenoxy) is 2. The molecular formula is C21H18N2O6S. The van der Waals surface area contributed by atoms with Crippen LogP contribution in [-0.2, 0) is 20.9 Å². The van der Waals surface area contributed by atoms with Gasteiger partial charge in [-0.25, -0.2) is 4.79 Å². The minimum absolute atomic E-state index is 0.0523. The van der Waals surface area contributed by atoms with Gasteiger partial charge in [0.1, 0.15) is 24.7 Å². The Labute approximate surface area is 177 Å². The smallest absolute Gasteiger partial charge is 0.430 e. The molecule has 154 valence electrons.